The molecule has 2 aromatic rings. The smallest absolute Gasteiger partial charge is 0.115 e. The van der Waals surface area contributed by atoms with Crippen molar-refractivity contribution >= 4 is 0 Å². The molecular formula is C11H12N4. The molecule has 0 aliphatic rings. The first-order valence-electron chi connectivity index (χ1n) is 4.80. The minimum atomic E-state index is 0.735. The Bertz CT molecular complexity index is 348. The monoisotopic (exact) mass is 200 g/mol. The maximum atomic E-state index is 4.21. The number of rotatable bonds is 4. The molecule has 0 bridgehead atoms. The van der Waals surface area contributed by atoms with Crippen molar-refractivity contribution in [3.63, 3.8) is 0 Å². The van der Waals surface area contributed by atoms with Crippen LogP contribution in [0.4, 0.5) is 0 Å². The van der Waals surface area contributed by atoms with E-state index in [2.05, 4.69) is 20.3 Å². The lowest BCUT2D eigenvalue weighted by molar-refractivity contribution is 0.666. The Hall–Kier alpha value is -1.81. The van der Waals surface area contributed by atoms with Gasteiger partial charge in [-0.1, -0.05) is 6.07 Å². The van der Waals surface area contributed by atoms with Gasteiger partial charge in [-0.25, -0.2) is 9.97 Å². The molecule has 0 fully saturated rings. The summed E-state index contributed by atoms with van der Waals surface area (Å²) in [6.07, 6.45) is 5.09. The zero-order valence-corrected chi connectivity index (χ0v) is 8.30. The Balaban J connectivity index is 1.81. The fourth-order valence-electron chi connectivity index (χ4n) is 1.24. The first kappa shape index (κ1) is 9.73. The molecule has 0 saturated carbocycles. The third kappa shape index (κ3) is 3.11. The predicted molar refractivity (Wildman–Crippen MR) is 56.8 cm³/mol. The van der Waals surface area contributed by atoms with E-state index in [1.165, 1.54) is 0 Å². The minimum absolute atomic E-state index is 0.735. The van der Waals surface area contributed by atoms with E-state index in [-0.39, 0.29) is 0 Å². The van der Waals surface area contributed by atoms with Gasteiger partial charge < -0.3 is 5.32 Å². The molecule has 0 saturated heterocycles. The second-order valence-electron chi connectivity index (χ2n) is 3.13. The number of nitrogens with one attached hydrogen (secondary N) is 1. The number of nitrogens with zero attached hydrogens (tertiary/aromatic N) is 3. The highest BCUT2D eigenvalue weighted by atomic mass is 14.9. The van der Waals surface area contributed by atoms with Gasteiger partial charge in [0.15, 0.2) is 0 Å². The first-order chi connectivity index (χ1) is 7.45. The van der Waals surface area contributed by atoms with Crippen molar-refractivity contribution < 1.29 is 0 Å². The normalized spacial score (nSPS) is 10.1. The van der Waals surface area contributed by atoms with Crippen molar-refractivity contribution in [1.82, 2.24) is 20.3 Å². The first-order valence-corrected chi connectivity index (χ1v) is 4.80. The van der Waals surface area contributed by atoms with Crippen molar-refractivity contribution in [3.8, 4) is 0 Å². The molecule has 76 valence electrons. The average molecular weight is 200 g/mol. The van der Waals surface area contributed by atoms with Gasteiger partial charge in [-0.3, -0.25) is 4.98 Å². The molecule has 2 rings (SSSR count). The minimum Gasteiger partial charge on any atom is -0.306 e. The van der Waals surface area contributed by atoms with E-state index in [0.717, 1.165) is 24.5 Å². The molecule has 2 heterocycles. The Kier molecular flexibility index (Phi) is 3.35. The number of aromatic nitrogens is 3. The largest absolute Gasteiger partial charge is 0.306 e. The molecule has 4 heteroatoms. The fourth-order valence-corrected chi connectivity index (χ4v) is 1.24. The Morgan fingerprint density at radius 1 is 0.933 bits per heavy atom. The lowest BCUT2D eigenvalue weighted by Gasteiger charge is -2.02. The van der Waals surface area contributed by atoms with E-state index < -0.39 is 0 Å². The van der Waals surface area contributed by atoms with Crippen LogP contribution in [0.3, 0.4) is 0 Å². The highest BCUT2D eigenvalue weighted by molar-refractivity contribution is 5.03. The summed E-state index contributed by atoms with van der Waals surface area (Å²) >= 11 is 0. The third-order valence-electron chi connectivity index (χ3n) is 1.98. The van der Waals surface area contributed by atoms with Crippen LogP contribution < -0.4 is 5.32 Å². The van der Waals surface area contributed by atoms with Crippen molar-refractivity contribution in [3.05, 3.63) is 54.4 Å². The van der Waals surface area contributed by atoms with E-state index in [0.29, 0.717) is 0 Å². The standard InChI is InChI=1S/C11H12N4/c1-2-5-14-10(3-1)7-13-8-11-4-6-12-9-15-11/h1-6,9,13H,7-8H2. The molecule has 1 N–H and O–H groups in total. The SMILES string of the molecule is c1ccc(CNCc2ccncn2)nc1. The highest BCUT2D eigenvalue weighted by Gasteiger charge is 1.94. The second kappa shape index (κ2) is 5.17. The van der Waals surface area contributed by atoms with Gasteiger partial charge in [0.1, 0.15) is 6.33 Å². The van der Waals surface area contributed by atoms with Crippen molar-refractivity contribution in [2.24, 2.45) is 0 Å². The number of hydrogen-bond donors (Lipinski definition) is 1. The van der Waals surface area contributed by atoms with Crippen molar-refractivity contribution in [1.29, 1.82) is 0 Å². The summed E-state index contributed by atoms with van der Waals surface area (Å²) in [5.74, 6) is 0. The number of pyridine rings is 1. The molecule has 0 unspecified atom stereocenters. The fraction of sp³-hybridized carbons (Fsp3) is 0.182. The lowest BCUT2D eigenvalue weighted by atomic mass is 10.3. The quantitative estimate of drug-likeness (QED) is 0.804. The maximum Gasteiger partial charge on any atom is 0.115 e. The van der Waals surface area contributed by atoms with Crippen LogP contribution in [0, 0.1) is 0 Å². The van der Waals surface area contributed by atoms with E-state index >= 15 is 0 Å². The van der Waals surface area contributed by atoms with Gasteiger partial charge in [0.05, 0.1) is 11.4 Å². The van der Waals surface area contributed by atoms with E-state index in [1.54, 1.807) is 18.7 Å². The molecule has 0 amide bonds. The summed E-state index contributed by atoms with van der Waals surface area (Å²) in [6.45, 7) is 1.49. The molecule has 0 aliphatic carbocycles. The van der Waals surface area contributed by atoms with Crippen LogP contribution in [-0.4, -0.2) is 15.0 Å². The van der Waals surface area contributed by atoms with Gasteiger partial charge in [0, 0.05) is 25.5 Å². The van der Waals surface area contributed by atoms with Crippen molar-refractivity contribution in [2.75, 3.05) is 0 Å². The predicted octanol–water partition coefficient (Wildman–Crippen LogP) is 1.16. The lowest BCUT2D eigenvalue weighted by Crippen LogP contribution is -2.14. The van der Waals surface area contributed by atoms with E-state index in [4.69, 9.17) is 0 Å². The average Bonchev–Trinajstić information content (AvgIpc) is 2.32. The molecule has 4 nitrogen and oxygen atoms in total. The third-order valence-corrected chi connectivity index (χ3v) is 1.98. The summed E-state index contributed by atoms with van der Waals surface area (Å²) < 4.78 is 0. The summed E-state index contributed by atoms with van der Waals surface area (Å²) in [5.41, 5.74) is 2.02. The Labute approximate surface area is 88.4 Å². The molecule has 0 aromatic carbocycles. The van der Waals surface area contributed by atoms with Crippen LogP contribution in [-0.2, 0) is 13.1 Å². The van der Waals surface area contributed by atoms with Crippen LogP contribution in [0.2, 0.25) is 0 Å². The highest BCUT2D eigenvalue weighted by Crippen LogP contribution is 1.94. The van der Waals surface area contributed by atoms with Gasteiger partial charge in [0.25, 0.3) is 0 Å². The van der Waals surface area contributed by atoms with Crippen LogP contribution in [0.1, 0.15) is 11.4 Å². The Morgan fingerprint density at radius 2 is 1.80 bits per heavy atom. The summed E-state index contributed by atoms with van der Waals surface area (Å²) in [4.78, 5) is 12.2. The molecule has 2 aromatic heterocycles. The summed E-state index contributed by atoms with van der Waals surface area (Å²) in [5, 5.41) is 3.27. The second-order valence-corrected chi connectivity index (χ2v) is 3.13. The van der Waals surface area contributed by atoms with Gasteiger partial charge in [-0.2, -0.15) is 0 Å². The van der Waals surface area contributed by atoms with Gasteiger partial charge in [-0.05, 0) is 18.2 Å². The zero-order valence-electron chi connectivity index (χ0n) is 8.30. The zero-order chi connectivity index (χ0) is 10.3. The van der Waals surface area contributed by atoms with Crippen LogP contribution in [0.5, 0.6) is 0 Å². The molecule has 0 spiro atoms. The van der Waals surface area contributed by atoms with Crippen LogP contribution >= 0.6 is 0 Å². The maximum absolute atomic E-state index is 4.21. The summed E-state index contributed by atoms with van der Waals surface area (Å²) in [6, 6.07) is 7.78. The molecule has 0 aliphatic heterocycles. The van der Waals surface area contributed by atoms with Gasteiger partial charge in [0.2, 0.25) is 0 Å². The Morgan fingerprint density at radius 3 is 2.47 bits per heavy atom. The van der Waals surface area contributed by atoms with E-state index in [9.17, 15) is 0 Å². The van der Waals surface area contributed by atoms with E-state index in [1.807, 2.05) is 24.3 Å². The van der Waals surface area contributed by atoms with Crippen molar-refractivity contribution in [2.45, 2.75) is 13.1 Å². The van der Waals surface area contributed by atoms with Crippen LogP contribution in [0.25, 0.3) is 0 Å². The summed E-state index contributed by atoms with van der Waals surface area (Å²) in [7, 11) is 0. The molecule has 0 radical (unpaired) electrons. The topological polar surface area (TPSA) is 50.7 Å². The molecule has 15 heavy (non-hydrogen) atoms. The molecular weight excluding hydrogens is 188 g/mol. The number of hydrogen-bond acceptors (Lipinski definition) is 4. The van der Waals surface area contributed by atoms with Gasteiger partial charge in [-0.15, -0.1) is 0 Å². The molecule has 0 atom stereocenters. The van der Waals surface area contributed by atoms with Crippen LogP contribution in [0.15, 0.2) is 43.0 Å². The van der Waals surface area contributed by atoms with Gasteiger partial charge >= 0.3 is 0 Å².